The van der Waals surface area contributed by atoms with Gasteiger partial charge >= 0.3 is 0 Å². The molecule has 48 heavy (non-hydrogen) atoms. The maximum atomic E-state index is 15.5. The number of hydrogen-bond donors (Lipinski definition) is 1. The fourth-order valence-electron chi connectivity index (χ4n) is 7.24. The predicted octanol–water partition coefficient (Wildman–Crippen LogP) is 4.71. The highest BCUT2D eigenvalue weighted by atomic mass is 35.5. The first-order chi connectivity index (χ1) is 23.2. The van der Waals surface area contributed by atoms with Gasteiger partial charge in [-0.15, -0.1) is 0 Å². The van der Waals surface area contributed by atoms with Crippen LogP contribution in [0.3, 0.4) is 0 Å². The number of amides is 1. The molecule has 1 aromatic heterocycles. The molecule has 0 spiro atoms. The second-order valence-electron chi connectivity index (χ2n) is 12.0. The molecule has 11 nitrogen and oxygen atoms in total. The van der Waals surface area contributed by atoms with E-state index in [1.807, 2.05) is 17.0 Å². The fraction of sp³-hybridized carbons (Fsp3) is 0.353. The van der Waals surface area contributed by atoms with E-state index in [0.717, 1.165) is 37.8 Å². The van der Waals surface area contributed by atoms with Crippen LogP contribution < -0.4 is 19.1 Å². The van der Waals surface area contributed by atoms with E-state index in [1.54, 1.807) is 6.07 Å². The zero-order valence-electron chi connectivity index (χ0n) is 26.5. The number of sulfonamides is 1. The van der Waals surface area contributed by atoms with Crippen molar-refractivity contribution in [3.8, 4) is 11.5 Å². The second kappa shape index (κ2) is 12.8. The zero-order valence-corrected chi connectivity index (χ0v) is 28.1. The molecule has 2 fully saturated rings. The molecule has 3 aliphatic rings. The number of methoxy groups -OCH3 is 2. The SMILES string of the molecule is COc1ccc(S(=O)(=O)N2C(=O)C(c3cc(CN4CCNCC4)ccc3OC)(N3CCCC3c3ncco3)c3cc(Cl)c(F)cc32)cc1. The number of ether oxygens (including phenoxy) is 2. The Kier molecular flexibility index (Phi) is 8.67. The number of nitrogens with zero attached hydrogens (tertiary/aromatic N) is 4. The number of anilines is 1. The number of fused-ring (bicyclic) bond motifs is 1. The largest absolute Gasteiger partial charge is 0.497 e. The van der Waals surface area contributed by atoms with Crippen LogP contribution in [-0.4, -0.2) is 76.1 Å². The van der Waals surface area contributed by atoms with Gasteiger partial charge in [-0.05, 0) is 60.9 Å². The number of benzene rings is 3. The number of halogens is 2. The van der Waals surface area contributed by atoms with Gasteiger partial charge in [0, 0.05) is 56.5 Å². The first-order valence-corrected chi connectivity index (χ1v) is 17.5. The molecule has 2 atom stereocenters. The van der Waals surface area contributed by atoms with E-state index in [4.69, 9.17) is 25.5 Å². The number of nitrogens with one attached hydrogen (secondary N) is 1. The van der Waals surface area contributed by atoms with Crippen LogP contribution in [-0.2, 0) is 26.9 Å². The fourth-order valence-corrected chi connectivity index (χ4v) is 8.85. The molecule has 252 valence electrons. The van der Waals surface area contributed by atoms with Gasteiger partial charge < -0.3 is 19.2 Å². The highest BCUT2D eigenvalue weighted by molar-refractivity contribution is 7.93. The van der Waals surface area contributed by atoms with Gasteiger partial charge in [-0.2, -0.15) is 0 Å². The Labute approximate surface area is 283 Å². The van der Waals surface area contributed by atoms with Crippen LogP contribution in [0.5, 0.6) is 11.5 Å². The van der Waals surface area contributed by atoms with Crippen molar-refractivity contribution in [2.24, 2.45) is 0 Å². The summed E-state index contributed by atoms with van der Waals surface area (Å²) < 4.78 is 62.2. The molecular formula is C34H35ClFN5O6S. The highest BCUT2D eigenvalue weighted by Crippen LogP contribution is 2.57. The van der Waals surface area contributed by atoms with Gasteiger partial charge in [0.05, 0.1) is 42.1 Å². The Morgan fingerprint density at radius 2 is 1.81 bits per heavy atom. The molecule has 0 saturated carbocycles. The monoisotopic (exact) mass is 695 g/mol. The minimum absolute atomic E-state index is 0.134. The molecule has 3 aliphatic heterocycles. The summed E-state index contributed by atoms with van der Waals surface area (Å²) in [6, 6.07) is 13.2. The number of rotatable bonds is 9. The first-order valence-electron chi connectivity index (χ1n) is 15.7. The van der Waals surface area contributed by atoms with Gasteiger partial charge in [0.2, 0.25) is 5.89 Å². The summed E-state index contributed by atoms with van der Waals surface area (Å²) >= 11 is 6.48. The van der Waals surface area contributed by atoms with Crippen molar-refractivity contribution >= 4 is 33.2 Å². The van der Waals surface area contributed by atoms with Crippen molar-refractivity contribution in [1.82, 2.24) is 20.1 Å². The van der Waals surface area contributed by atoms with Gasteiger partial charge in [-0.3, -0.25) is 14.6 Å². The highest BCUT2D eigenvalue weighted by Gasteiger charge is 2.63. The Morgan fingerprint density at radius 3 is 2.50 bits per heavy atom. The standard InChI is InChI=1S/C34H35ClFN5O6S/c1-45-23-6-8-24(9-7-23)48(43,44)41-30-20-28(36)27(35)19-25(30)34(33(41)42,40-14-3-4-29(40)32-38-13-17-47-32)26-18-22(5-10-31(26)46-2)21-39-15-11-37-12-16-39/h5-10,13,17-20,29,37H,3-4,11-12,14-16,21H2,1-2H3. The number of oxazole rings is 1. The number of piperazine rings is 1. The van der Waals surface area contributed by atoms with Crippen LogP contribution in [0.1, 0.15) is 41.5 Å². The van der Waals surface area contributed by atoms with E-state index in [0.29, 0.717) is 53.2 Å². The predicted molar refractivity (Wildman–Crippen MR) is 176 cm³/mol. The van der Waals surface area contributed by atoms with Gasteiger partial charge in [0.15, 0.2) is 5.54 Å². The van der Waals surface area contributed by atoms with E-state index >= 15 is 9.18 Å². The number of carbonyl (C=O) groups excluding carboxylic acids is 1. The van der Waals surface area contributed by atoms with Crippen LogP contribution in [0.4, 0.5) is 10.1 Å². The van der Waals surface area contributed by atoms with Crippen molar-refractivity contribution < 1.29 is 31.5 Å². The molecule has 0 bridgehead atoms. The molecule has 2 unspecified atom stereocenters. The maximum Gasteiger partial charge on any atom is 0.271 e. The molecule has 0 radical (unpaired) electrons. The van der Waals surface area contributed by atoms with Crippen LogP contribution in [0.2, 0.25) is 5.02 Å². The van der Waals surface area contributed by atoms with Gasteiger partial charge in [0.25, 0.3) is 15.9 Å². The summed E-state index contributed by atoms with van der Waals surface area (Å²) in [7, 11) is -1.62. The zero-order chi connectivity index (χ0) is 33.6. The molecule has 0 aliphatic carbocycles. The number of likely N-dealkylation sites (tertiary alicyclic amines) is 1. The Balaban J connectivity index is 1.50. The Morgan fingerprint density at radius 1 is 1.04 bits per heavy atom. The Hall–Kier alpha value is -4.01. The van der Waals surface area contributed by atoms with Crippen LogP contribution in [0, 0.1) is 5.82 Å². The topological polar surface area (TPSA) is 117 Å². The normalized spacial score (nSPS) is 21.9. The van der Waals surface area contributed by atoms with Crippen LogP contribution in [0.15, 0.2) is 76.4 Å². The van der Waals surface area contributed by atoms with E-state index in [2.05, 4.69) is 15.2 Å². The molecule has 3 aromatic carbocycles. The third kappa shape index (κ3) is 5.24. The van der Waals surface area contributed by atoms with Gasteiger partial charge in [-0.25, -0.2) is 22.1 Å². The van der Waals surface area contributed by atoms with E-state index in [9.17, 15) is 8.42 Å². The molecular weight excluding hydrogens is 661 g/mol. The minimum Gasteiger partial charge on any atom is -0.497 e. The second-order valence-corrected chi connectivity index (χ2v) is 14.2. The van der Waals surface area contributed by atoms with Crippen molar-refractivity contribution in [1.29, 1.82) is 0 Å². The summed E-state index contributed by atoms with van der Waals surface area (Å²) in [5.41, 5.74) is -0.431. The van der Waals surface area contributed by atoms with Gasteiger partial charge in [0.1, 0.15) is 23.6 Å². The summed E-state index contributed by atoms with van der Waals surface area (Å²) in [4.78, 5) is 24.0. The number of carbonyl (C=O) groups is 1. The van der Waals surface area contributed by atoms with E-state index in [-0.39, 0.29) is 21.2 Å². The molecule has 14 heteroatoms. The van der Waals surface area contributed by atoms with Crippen LogP contribution in [0.25, 0.3) is 0 Å². The smallest absolute Gasteiger partial charge is 0.271 e. The molecule has 4 aromatic rings. The maximum absolute atomic E-state index is 15.5. The molecule has 2 saturated heterocycles. The summed E-state index contributed by atoms with van der Waals surface area (Å²) in [6.07, 6.45) is 4.22. The first kappa shape index (κ1) is 32.5. The van der Waals surface area contributed by atoms with Gasteiger partial charge in [-0.1, -0.05) is 17.7 Å². The lowest BCUT2D eigenvalue weighted by Gasteiger charge is -2.41. The summed E-state index contributed by atoms with van der Waals surface area (Å²) in [5, 5.41) is 3.11. The third-order valence-corrected chi connectivity index (χ3v) is 11.4. The summed E-state index contributed by atoms with van der Waals surface area (Å²) in [6.45, 7) is 4.36. The van der Waals surface area contributed by atoms with Crippen molar-refractivity contribution in [3.05, 3.63) is 100 Å². The molecule has 1 amide bonds. The minimum atomic E-state index is -4.59. The lowest BCUT2D eigenvalue weighted by atomic mass is 9.80. The Bertz CT molecular complexity index is 1940. The summed E-state index contributed by atoms with van der Waals surface area (Å²) in [5.74, 6) is -0.501. The van der Waals surface area contributed by atoms with Crippen molar-refractivity contribution in [2.45, 2.75) is 35.9 Å². The van der Waals surface area contributed by atoms with Crippen molar-refractivity contribution in [3.63, 3.8) is 0 Å². The van der Waals surface area contributed by atoms with E-state index in [1.165, 1.54) is 57.0 Å². The number of aromatic nitrogens is 1. The molecule has 4 heterocycles. The molecule has 7 rings (SSSR count). The number of hydrogen-bond acceptors (Lipinski definition) is 10. The average molecular weight is 696 g/mol. The van der Waals surface area contributed by atoms with Crippen LogP contribution >= 0.6 is 11.6 Å². The van der Waals surface area contributed by atoms with E-state index < -0.39 is 33.3 Å². The lowest BCUT2D eigenvalue weighted by Crippen LogP contribution is -2.54. The molecule has 1 N–H and O–H groups in total. The quantitative estimate of drug-likeness (QED) is 0.264. The third-order valence-electron chi connectivity index (χ3n) is 9.43. The average Bonchev–Trinajstić information content (AvgIpc) is 3.85. The lowest BCUT2D eigenvalue weighted by molar-refractivity contribution is -0.127. The van der Waals surface area contributed by atoms with Crippen molar-refractivity contribution in [2.75, 3.05) is 51.2 Å².